The van der Waals surface area contributed by atoms with Crippen LogP contribution in [0.4, 0.5) is 0 Å². The Hall–Kier alpha value is -0.0800. The molecule has 3 saturated heterocycles. The zero-order valence-electron chi connectivity index (χ0n) is 17.2. The van der Waals surface area contributed by atoms with Crippen LogP contribution in [0.3, 0.4) is 0 Å². The second-order valence-electron chi connectivity index (χ2n) is 9.16. The summed E-state index contributed by atoms with van der Waals surface area (Å²) in [4.78, 5) is 9.95. The number of halogens is 1. The molecule has 0 atom stereocenters. The number of nitrogens with one attached hydrogen (secondary N) is 1. The van der Waals surface area contributed by atoms with Crippen LogP contribution in [0.5, 0.6) is 0 Å². The Bertz CT molecular complexity index is 494. The van der Waals surface area contributed by atoms with Gasteiger partial charge in [0, 0.05) is 45.4 Å². The van der Waals surface area contributed by atoms with Gasteiger partial charge in [-0.05, 0) is 63.5 Å². The summed E-state index contributed by atoms with van der Waals surface area (Å²) < 4.78 is 5.70. The van der Waals surface area contributed by atoms with Crippen molar-refractivity contribution < 1.29 is 4.74 Å². The minimum Gasteiger partial charge on any atom is -0.381 e. The molecule has 0 unspecified atom stereocenters. The molecule has 0 aromatic rings. The molecule has 1 spiro atoms. The van der Waals surface area contributed by atoms with Crippen LogP contribution >= 0.6 is 24.0 Å². The number of nitrogens with zero attached hydrogens (tertiary/aromatic N) is 3. The van der Waals surface area contributed by atoms with E-state index in [4.69, 9.17) is 4.74 Å². The Morgan fingerprint density at radius 3 is 2.30 bits per heavy atom. The van der Waals surface area contributed by atoms with Crippen molar-refractivity contribution in [2.45, 2.75) is 69.7 Å². The Kier molecular flexibility index (Phi) is 7.70. The van der Waals surface area contributed by atoms with E-state index in [1.54, 1.807) is 0 Å². The highest BCUT2D eigenvalue weighted by Crippen LogP contribution is 2.43. The summed E-state index contributed by atoms with van der Waals surface area (Å²) in [6, 6.07) is 0. The Morgan fingerprint density at radius 2 is 1.63 bits per heavy atom. The molecule has 0 aromatic carbocycles. The highest BCUT2D eigenvalue weighted by atomic mass is 127. The number of guanidine groups is 1. The molecule has 156 valence electrons. The van der Waals surface area contributed by atoms with Crippen molar-refractivity contribution in [1.29, 1.82) is 0 Å². The molecule has 3 heterocycles. The highest BCUT2D eigenvalue weighted by Gasteiger charge is 2.42. The minimum absolute atomic E-state index is 0. The molecular formula is C21H39IN4O. The van der Waals surface area contributed by atoms with Crippen molar-refractivity contribution in [3.05, 3.63) is 0 Å². The zero-order valence-corrected chi connectivity index (χ0v) is 19.5. The van der Waals surface area contributed by atoms with Gasteiger partial charge in [0.05, 0.1) is 0 Å². The largest absolute Gasteiger partial charge is 0.381 e. The monoisotopic (exact) mass is 490 g/mol. The Morgan fingerprint density at radius 1 is 0.926 bits per heavy atom. The van der Waals surface area contributed by atoms with Crippen molar-refractivity contribution in [3.63, 3.8) is 0 Å². The van der Waals surface area contributed by atoms with Crippen molar-refractivity contribution >= 4 is 29.9 Å². The van der Waals surface area contributed by atoms with Crippen molar-refractivity contribution in [1.82, 2.24) is 15.1 Å². The maximum Gasteiger partial charge on any atom is 0.193 e. The molecule has 0 radical (unpaired) electrons. The fourth-order valence-corrected chi connectivity index (χ4v) is 5.95. The third-order valence-corrected chi connectivity index (χ3v) is 7.64. The molecule has 1 N–H and O–H groups in total. The Balaban J connectivity index is 0.00000210. The van der Waals surface area contributed by atoms with E-state index in [1.165, 1.54) is 77.5 Å². The summed E-state index contributed by atoms with van der Waals surface area (Å²) in [7, 11) is 1.96. The van der Waals surface area contributed by atoms with E-state index in [0.717, 1.165) is 38.6 Å². The standard InChI is InChI=1S/C21H38N4O.HI/c1-22-19(24-14-9-20(18-24)7-3-2-4-8-20)23-17-21(10-15-26-16-11-21)25-12-5-6-13-25;/h2-18H2,1H3,(H,22,23);1H. The van der Waals surface area contributed by atoms with Crippen molar-refractivity contribution in [2.75, 3.05) is 53.0 Å². The van der Waals surface area contributed by atoms with E-state index in [1.807, 2.05) is 7.05 Å². The van der Waals surface area contributed by atoms with Crippen LogP contribution in [0.25, 0.3) is 0 Å². The van der Waals surface area contributed by atoms with Gasteiger partial charge in [0.25, 0.3) is 0 Å². The third kappa shape index (κ3) is 4.74. The molecule has 4 rings (SSSR count). The fourth-order valence-electron chi connectivity index (χ4n) is 5.95. The predicted octanol–water partition coefficient (Wildman–Crippen LogP) is 3.48. The van der Waals surface area contributed by atoms with Gasteiger partial charge in [0.2, 0.25) is 0 Å². The van der Waals surface area contributed by atoms with E-state index >= 15 is 0 Å². The van der Waals surface area contributed by atoms with Crippen LogP contribution in [0.15, 0.2) is 4.99 Å². The molecule has 4 aliphatic rings. The van der Waals surface area contributed by atoms with Gasteiger partial charge >= 0.3 is 0 Å². The quantitative estimate of drug-likeness (QED) is 0.374. The first-order valence-corrected chi connectivity index (χ1v) is 11.0. The van der Waals surface area contributed by atoms with Crippen LogP contribution in [0.1, 0.15) is 64.2 Å². The Labute approximate surface area is 182 Å². The van der Waals surface area contributed by atoms with Gasteiger partial charge in [-0.2, -0.15) is 0 Å². The number of rotatable bonds is 3. The van der Waals surface area contributed by atoms with Crippen LogP contribution in [-0.2, 0) is 4.74 Å². The lowest BCUT2D eigenvalue weighted by molar-refractivity contribution is -0.0166. The van der Waals surface area contributed by atoms with Gasteiger partial charge in [-0.25, -0.2) is 0 Å². The average molecular weight is 490 g/mol. The molecule has 0 bridgehead atoms. The van der Waals surface area contributed by atoms with E-state index in [0.29, 0.717) is 5.41 Å². The first-order valence-electron chi connectivity index (χ1n) is 11.0. The molecule has 0 aromatic heterocycles. The van der Waals surface area contributed by atoms with E-state index in [2.05, 4.69) is 20.1 Å². The van der Waals surface area contributed by atoms with E-state index in [9.17, 15) is 0 Å². The molecule has 6 heteroatoms. The molecule has 1 saturated carbocycles. The van der Waals surface area contributed by atoms with Crippen LogP contribution in [-0.4, -0.2) is 74.3 Å². The second kappa shape index (κ2) is 9.61. The number of likely N-dealkylation sites (tertiary alicyclic amines) is 2. The molecule has 4 fully saturated rings. The fraction of sp³-hybridized carbons (Fsp3) is 0.952. The predicted molar refractivity (Wildman–Crippen MR) is 122 cm³/mol. The van der Waals surface area contributed by atoms with Crippen LogP contribution in [0.2, 0.25) is 0 Å². The summed E-state index contributed by atoms with van der Waals surface area (Å²) in [6.07, 6.45) is 13.5. The van der Waals surface area contributed by atoms with Crippen LogP contribution < -0.4 is 5.32 Å². The SMILES string of the molecule is CN=C(NCC1(N2CCCC2)CCOCC1)N1CCC2(CCCCC2)C1.I. The third-order valence-electron chi connectivity index (χ3n) is 7.64. The number of aliphatic imine (C=N–C) groups is 1. The highest BCUT2D eigenvalue weighted by molar-refractivity contribution is 14.0. The molecule has 1 aliphatic carbocycles. The van der Waals surface area contributed by atoms with Crippen molar-refractivity contribution in [2.24, 2.45) is 10.4 Å². The summed E-state index contributed by atoms with van der Waals surface area (Å²) in [5, 5.41) is 3.80. The summed E-state index contributed by atoms with van der Waals surface area (Å²) in [5.41, 5.74) is 0.855. The topological polar surface area (TPSA) is 40.1 Å². The van der Waals surface area contributed by atoms with Gasteiger partial charge in [0.1, 0.15) is 0 Å². The van der Waals surface area contributed by atoms with E-state index in [-0.39, 0.29) is 29.5 Å². The average Bonchev–Trinajstić information content (AvgIpc) is 3.35. The lowest BCUT2D eigenvalue weighted by Crippen LogP contribution is -2.58. The van der Waals surface area contributed by atoms with Gasteiger partial charge in [-0.3, -0.25) is 9.89 Å². The summed E-state index contributed by atoms with van der Waals surface area (Å²) >= 11 is 0. The van der Waals surface area contributed by atoms with Gasteiger partial charge in [-0.15, -0.1) is 24.0 Å². The molecular weight excluding hydrogens is 451 g/mol. The molecule has 3 aliphatic heterocycles. The summed E-state index contributed by atoms with van der Waals surface area (Å²) in [5.74, 6) is 1.14. The van der Waals surface area contributed by atoms with Gasteiger partial charge in [0.15, 0.2) is 5.96 Å². The molecule has 5 nitrogen and oxygen atoms in total. The molecule has 0 amide bonds. The summed E-state index contributed by atoms with van der Waals surface area (Å²) in [6.45, 7) is 7.74. The zero-order chi connectivity index (χ0) is 17.9. The minimum atomic E-state index is 0. The first kappa shape index (κ1) is 21.6. The number of ether oxygens (including phenoxy) is 1. The number of hydrogen-bond acceptors (Lipinski definition) is 3. The first-order chi connectivity index (χ1) is 12.8. The maximum absolute atomic E-state index is 5.70. The van der Waals surface area contributed by atoms with E-state index < -0.39 is 0 Å². The normalized spacial score (nSPS) is 28.3. The second-order valence-corrected chi connectivity index (χ2v) is 9.16. The maximum atomic E-state index is 5.70. The van der Waals surface area contributed by atoms with Crippen molar-refractivity contribution in [3.8, 4) is 0 Å². The van der Waals surface area contributed by atoms with Crippen LogP contribution in [0, 0.1) is 5.41 Å². The molecule has 27 heavy (non-hydrogen) atoms. The smallest absolute Gasteiger partial charge is 0.193 e. The lowest BCUT2D eigenvalue weighted by atomic mass is 9.73. The van der Waals surface area contributed by atoms with Gasteiger partial charge in [-0.1, -0.05) is 19.3 Å². The van der Waals surface area contributed by atoms with Gasteiger partial charge < -0.3 is 15.0 Å². The lowest BCUT2D eigenvalue weighted by Gasteiger charge is -2.45. The number of hydrogen-bond donors (Lipinski definition) is 1.